The van der Waals surface area contributed by atoms with Crippen LogP contribution >= 0.6 is 49.6 Å². The van der Waals surface area contributed by atoms with Gasteiger partial charge in [0.1, 0.15) is 0 Å². The van der Waals surface area contributed by atoms with Crippen LogP contribution in [0.1, 0.15) is 24.2 Å². The average Bonchev–Trinajstić information content (AvgIpc) is 2.78. The van der Waals surface area contributed by atoms with Gasteiger partial charge in [0.2, 0.25) is 0 Å². The maximum Gasteiger partial charge on any atom is 0.0805 e. The third kappa shape index (κ3) is 8.60. The van der Waals surface area contributed by atoms with Crippen molar-refractivity contribution in [2.45, 2.75) is 26.7 Å². The number of aryl methyl sites for hydroxylation is 2. The third-order valence-electron chi connectivity index (χ3n) is 6.20. The van der Waals surface area contributed by atoms with E-state index in [9.17, 15) is 0 Å². The Morgan fingerprint density at radius 1 is 0.579 bits per heavy atom. The molecule has 0 saturated carbocycles. The topological polar surface area (TPSA) is 56.3 Å². The first-order chi connectivity index (χ1) is 16.3. The molecule has 0 bridgehead atoms. The molecule has 4 aromatic rings. The molecule has 2 heterocycles. The summed E-state index contributed by atoms with van der Waals surface area (Å²) in [5, 5.41) is 11.9. The molecule has 0 unspecified atom stereocenters. The van der Waals surface area contributed by atoms with Crippen LogP contribution in [0.25, 0.3) is 32.6 Å². The standard InChI is InChI=1S/C28H38N6.4ClH/c1-19-17-25(29-13-7-15-33(3)4)23-11-10-22-21(27(23)31-19)9-12-24-26(18-20(2)32-28(22)24)30-14-8-16-34(5)6;;;;/h9-12,17-18H,7-8,13-16H2,1-6H3,(H,29,31)(H,30,32);4*1H. The SMILES string of the molecule is Cc1cc(NCCCN(C)C)c2ccc3c(ccc4c(NCCCN(C)C)cc(C)nc43)c2n1.Cl.Cl.Cl.Cl. The van der Waals surface area contributed by atoms with E-state index < -0.39 is 0 Å². The minimum Gasteiger partial charge on any atom is -0.384 e. The number of halogens is 4. The molecule has 0 atom stereocenters. The number of benzene rings is 2. The van der Waals surface area contributed by atoms with E-state index in [0.717, 1.165) is 94.4 Å². The number of hydrogen-bond acceptors (Lipinski definition) is 6. The quantitative estimate of drug-likeness (QED) is 0.151. The molecule has 10 heteroatoms. The maximum absolute atomic E-state index is 4.95. The predicted octanol–water partition coefficient (Wildman–Crippen LogP) is 6.97. The average molecular weight is 604 g/mol. The number of nitrogens with one attached hydrogen (secondary N) is 2. The van der Waals surface area contributed by atoms with Crippen molar-refractivity contribution in [3.05, 3.63) is 47.8 Å². The van der Waals surface area contributed by atoms with Crippen molar-refractivity contribution in [2.24, 2.45) is 0 Å². The van der Waals surface area contributed by atoms with Crippen LogP contribution in [0.4, 0.5) is 11.4 Å². The smallest absolute Gasteiger partial charge is 0.0805 e. The van der Waals surface area contributed by atoms with Gasteiger partial charge >= 0.3 is 0 Å². The van der Waals surface area contributed by atoms with Gasteiger partial charge in [-0.1, -0.05) is 24.3 Å². The zero-order valence-corrected chi connectivity index (χ0v) is 26.4. The number of nitrogens with zero attached hydrogens (tertiary/aromatic N) is 4. The van der Waals surface area contributed by atoms with Gasteiger partial charge in [0.15, 0.2) is 0 Å². The molecule has 0 amide bonds. The van der Waals surface area contributed by atoms with Crippen molar-refractivity contribution in [3.63, 3.8) is 0 Å². The maximum atomic E-state index is 4.95. The molecule has 2 aromatic heterocycles. The Hall–Kier alpha value is -1.80. The van der Waals surface area contributed by atoms with Gasteiger partial charge in [-0.3, -0.25) is 9.97 Å². The number of pyridine rings is 2. The van der Waals surface area contributed by atoms with Crippen LogP contribution in [-0.4, -0.2) is 74.1 Å². The molecular formula is C28H42Cl4N6. The van der Waals surface area contributed by atoms with E-state index >= 15 is 0 Å². The van der Waals surface area contributed by atoms with Gasteiger partial charge in [-0.25, -0.2) is 0 Å². The first-order valence-corrected chi connectivity index (χ1v) is 12.2. The summed E-state index contributed by atoms with van der Waals surface area (Å²) in [5.41, 5.74) is 6.44. The largest absolute Gasteiger partial charge is 0.384 e. The van der Waals surface area contributed by atoms with Crippen molar-refractivity contribution >= 4 is 93.6 Å². The van der Waals surface area contributed by atoms with Gasteiger partial charge in [0, 0.05) is 57.4 Å². The fraction of sp³-hybridized carbons (Fsp3) is 0.429. The summed E-state index contributed by atoms with van der Waals surface area (Å²) >= 11 is 0. The number of hydrogen-bond donors (Lipinski definition) is 2. The van der Waals surface area contributed by atoms with E-state index in [2.05, 4.69) is 98.9 Å². The van der Waals surface area contributed by atoms with Crippen LogP contribution in [0, 0.1) is 13.8 Å². The Balaban J connectivity index is 0.00000342. The zero-order valence-electron chi connectivity index (χ0n) is 23.1. The van der Waals surface area contributed by atoms with Gasteiger partial charge in [-0.2, -0.15) is 0 Å². The fourth-order valence-corrected chi connectivity index (χ4v) is 4.57. The molecule has 38 heavy (non-hydrogen) atoms. The Morgan fingerprint density at radius 2 is 0.921 bits per heavy atom. The van der Waals surface area contributed by atoms with Crippen molar-refractivity contribution < 1.29 is 0 Å². The lowest BCUT2D eigenvalue weighted by atomic mass is 10.0. The Bertz CT molecular complexity index is 1210. The molecule has 212 valence electrons. The molecule has 4 rings (SSSR count). The van der Waals surface area contributed by atoms with Crippen molar-refractivity contribution in [1.82, 2.24) is 19.8 Å². The van der Waals surface area contributed by atoms with Gasteiger partial charge < -0.3 is 20.4 Å². The van der Waals surface area contributed by atoms with E-state index in [1.54, 1.807) is 0 Å². The van der Waals surface area contributed by atoms with E-state index in [-0.39, 0.29) is 49.6 Å². The summed E-state index contributed by atoms with van der Waals surface area (Å²) in [5.74, 6) is 0. The highest BCUT2D eigenvalue weighted by molar-refractivity contribution is 6.18. The second-order valence-corrected chi connectivity index (χ2v) is 9.81. The Kier molecular flexibility index (Phi) is 15.6. The Labute approximate surface area is 252 Å². The molecule has 2 aromatic carbocycles. The predicted molar refractivity (Wildman–Crippen MR) is 176 cm³/mol. The normalized spacial score (nSPS) is 10.6. The molecular weight excluding hydrogens is 562 g/mol. The van der Waals surface area contributed by atoms with E-state index in [4.69, 9.17) is 9.97 Å². The van der Waals surface area contributed by atoms with Crippen LogP contribution < -0.4 is 10.6 Å². The second-order valence-electron chi connectivity index (χ2n) is 9.81. The van der Waals surface area contributed by atoms with Gasteiger partial charge in [-0.05, 0) is 80.1 Å². The number of rotatable bonds is 10. The van der Waals surface area contributed by atoms with Crippen LogP contribution in [-0.2, 0) is 0 Å². The summed E-state index contributed by atoms with van der Waals surface area (Å²) in [6, 6.07) is 13.1. The van der Waals surface area contributed by atoms with E-state index in [0.29, 0.717) is 0 Å². The zero-order chi connectivity index (χ0) is 24.2. The van der Waals surface area contributed by atoms with Crippen LogP contribution in [0.5, 0.6) is 0 Å². The molecule has 0 aliphatic carbocycles. The van der Waals surface area contributed by atoms with Gasteiger partial charge in [0.25, 0.3) is 0 Å². The first kappa shape index (κ1) is 36.2. The summed E-state index contributed by atoms with van der Waals surface area (Å²) in [6.07, 6.45) is 2.20. The highest BCUT2D eigenvalue weighted by Gasteiger charge is 2.13. The summed E-state index contributed by atoms with van der Waals surface area (Å²) in [6.45, 7) is 8.16. The molecule has 0 aliphatic rings. The number of fused-ring (bicyclic) bond motifs is 5. The minimum absolute atomic E-state index is 0. The lowest BCUT2D eigenvalue weighted by Crippen LogP contribution is -2.16. The Morgan fingerprint density at radius 3 is 1.26 bits per heavy atom. The highest BCUT2D eigenvalue weighted by Crippen LogP contribution is 2.35. The summed E-state index contributed by atoms with van der Waals surface area (Å²) in [7, 11) is 8.46. The second kappa shape index (κ2) is 16.3. The third-order valence-corrected chi connectivity index (χ3v) is 6.20. The number of anilines is 2. The summed E-state index contributed by atoms with van der Waals surface area (Å²) < 4.78 is 0. The van der Waals surface area contributed by atoms with E-state index in [1.807, 2.05) is 0 Å². The van der Waals surface area contributed by atoms with E-state index in [1.165, 1.54) is 0 Å². The van der Waals surface area contributed by atoms with Crippen molar-refractivity contribution in [2.75, 3.05) is 65.0 Å². The molecule has 0 spiro atoms. The summed E-state index contributed by atoms with van der Waals surface area (Å²) in [4.78, 5) is 14.3. The van der Waals surface area contributed by atoms with Crippen LogP contribution in [0.2, 0.25) is 0 Å². The molecule has 2 N–H and O–H groups in total. The lowest BCUT2D eigenvalue weighted by Gasteiger charge is -2.16. The van der Waals surface area contributed by atoms with Crippen molar-refractivity contribution in [3.8, 4) is 0 Å². The molecule has 0 fully saturated rings. The molecule has 6 nitrogen and oxygen atoms in total. The first-order valence-electron chi connectivity index (χ1n) is 12.2. The van der Waals surface area contributed by atoms with Crippen molar-refractivity contribution in [1.29, 1.82) is 0 Å². The highest BCUT2D eigenvalue weighted by atomic mass is 35.5. The number of aromatic nitrogens is 2. The van der Waals surface area contributed by atoms with Crippen LogP contribution in [0.15, 0.2) is 36.4 Å². The lowest BCUT2D eigenvalue weighted by molar-refractivity contribution is 0.405. The van der Waals surface area contributed by atoms with Gasteiger partial charge in [0.05, 0.1) is 11.0 Å². The van der Waals surface area contributed by atoms with Crippen LogP contribution in [0.3, 0.4) is 0 Å². The van der Waals surface area contributed by atoms with Gasteiger partial charge in [-0.15, -0.1) is 49.6 Å². The fourth-order valence-electron chi connectivity index (χ4n) is 4.57. The molecule has 0 aliphatic heterocycles. The molecule has 0 saturated heterocycles. The molecule has 0 radical (unpaired) electrons. The monoisotopic (exact) mass is 602 g/mol. The minimum atomic E-state index is 0.